The van der Waals surface area contributed by atoms with E-state index in [2.05, 4.69) is 18.2 Å². The van der Waals surface area contributed by atoms with Gasteiger partial charge in [0.2, 0.25) is 0 Å². The molecule has 0 unspecified atom stereocenters. The molecule has 0 radical (unpaired) electrons. The number of sulfone groups is 1. The van der Waals surface area contributed by atoms with Gasteiger partial charge in [0.15, 0.2) is 9.84 Å². The molecule has 0 N–H and O–H groups in total. The molecule has 1 aliphatic rings. The molecule has 0 saturated heterocycles. The summed E-state index contributed by atoms with van der Waals surface area (Å²) in [6, 6.07) is 13.2. The quantitative estimate of drug-likeness (QED) is 0.804. The molecule has 3 heteroatoms. The zero-order valence-electron chi connectivity index (χ0n) is 12.5. The third-order valence-corrected chi connectivity index (χ3v) is 5.83. The van der Waals surface area contributed by atoms with Crippen LogP contribution in [0.5, 0.6) is 0 Å². The van der Waals surface area contributed by atoms with Gasteiger partial charge in [0.1, 0.15) is 0 Å². The predicted octanol–water partition coefficient (Wildman–Crippen LogP) is 4.67. The smallest absolute Gasteiger partial charge is 0.178 e. The maximum atomic E-state index is 12.5. The van der Waals surface area contributed by atoms with E-state index in [1.54, 1.807) is 12.1 Å². The van der Waals surface area contributed by atoms with Crippen LogP contribution < -0.4 is 0 Å². The van der Waals surface area contributed by atoms with Gasteiger partial charge in [0.05, 0.1) is 10.6 Å². The lowest BCUT2D eigenvalue weighted by atomic mass is 10.0. The highest BCUT2D eigenvalue weighted by atomic mass is 32.2. The van der Waals surface area contributed by atoms with Crippen molar-refractivity contribution in [3.8, 4) is 0 Å². The van der Waals surface area contributed by atoms with Crippen molar-refractivity contribution in [2.75, 3.05) is 5.75 Å². The van der Waals surface area contributed by atoms with Crippen molar-refractivity contribution < 1.29 is 8.42 Å². The zero-order chi connectivity index (χ0) is 15.4. The minimum absolute atomic E-state index is 0.205. The van der Waals surface area contributed by atoms with Gasteiger partial charge in [-0.3, -0.25) is 0 Å². The number of hydrogen-bond donors (Lipinski definition) is 0. The summed E-state index contributed by atoms with van der Waals surface area (Å²) < 4.78 is 25.0. The van der Waals surface area contributed by atoms with Gasteiger partial charge >= 0.3 is 0 Å². The van der Waals surface area contributed by atoms with Crippen LogP contribution in [0.4, 0.5) is 0 Å². The fourth-order valence-electron chi connectivity index (χ4n) is 2.80. The second kappa shape index (κ2) is 6.49. The molecule has 0 fully saturated rings. The normalized spacial score (nSPS) is 15.0. The highest BCUT2D eigenvalue weighted by molar-refractivity contribution is 7.91. The summed E-state index contributed by atoms with van der Waals surface area (Å²) in [4.78, 5) is 0.430. The van der Waals surface area contributed by atoms with E-state index in [0.717, 1.165) is 30.0 Å². The van der Waals surface area contributed by atoms with Gasteiger partial charge in [0, 0.05) is 0 Å². The number of hydrogen-bond acceptors (Lipinski definition) is 2. The molecule has 0 saturated carbocycles. The summed E-state index contributed by atoms with van der Waals surface area (Å²) >= 11 is 0. The summed E-state index contributed by atoms with van der Waals surface area (Å²) in [6.07, 6.45) is 10.2. The molecule has 0 aliphatic heterocycles. The summed E-state index contributed by atoms with van der Waals surface area (Å²) in [5.74, 6) is 0.205. The molecule has 0 amide bonds. The van der Waals surface area contributed by atoms with Crippen LogP contribution in [0.3, 0.4) is 0 Å². The van der Waals surface area contributed by atoms with E-state index >= 15 is 0 Å². The molecule has 22 heavy (non-hydrogen) atoms. The van der Waals surface area contributed by atoms with Gasteiger partial charge in [-0.05, 0) is 48.6 Å². The average Bonchev–Trinajstić information content (AvgIpc) is 2.55. The molecular formula is C19H20O2S. The van der Waals surface area contributed by atoms with Gasteiger partial charge in [-0.25, -0.2) is 8.42 Å². The molecule has 0 bridgehead atoms. The van der Waals surface area contributed by atoms with Crippen molar-refractivity contribution in [1.82, 2.24) is 0 Å². The van der Waals surface area contributed by atoms with E-state index in [1.165, 1.54) is 5.57 Å². The summed E-state index contributed by atoms with van der Waals surface area (Å²) in [6.45, 7) is 0. The van der Waals surface area contributed by atoms with Crippen LogP contribution in [0.25, 0.3) is 10.8 Å². The standard InChI is InChI=1S/C19H20O2S/c20-22(21,14-6-9-16-7-2-1-3-8-16)19-13-12-17-10-4-5-11-18(17)15-19/h2,4-5,7-8,10-13,15H,1,3,6,9,14H2. The van der Waals surface area contributed by atoms with Crippen LogP contribution in [0, 0.1) is 0 Å². The Morgan fingerprint density at radius 3 is 2.55 bits per heavy atom. The Labute approximate surface area is 132 Å². The third kappa shape index (κ3) is 3.47. The first-order chi connectivity index (χ1) is 10.6. The van der Waals surface area contributed by atoms with Crippen molar-refractivity contribution in [2.45, 2.75) is 30.6 Å². The molecule has 1 aliphatic carbocycles. The van der Waals surface area contributed by atoms with Crippen molar-refractivity contribution in [2.24, 2.45) is 0 Å². The fraction of sp³-hybridized carbons (Fsp3) is 0.263. The van der Waals surface area contributed by atoms with Gasteiger partial charge in [-0.1, -0.05) is 54.1 Å². The number of rotatable bonds is 5. The number of allylic oxidation sites excluding steroid dienone is 4. The van der Waals surface area contributed by atoms with Crippen molar-refractivity contribution in [3.63, 3.8) is 0 Å². The Kier molecular flexibility index (Phi) is 4.44. The number of benzene rings is 2. The maximum Gasteiger partial charge on any atom is 0.178 e. The Balaban J connectivity index is 1.71. The highest BCUT2D eigenvalue weighted by Crippen LogP contribution is 2.22. The molecule has 0 spiro atoms. The average molecular weight is 312 g/mol. The Hall–Kier alpha value is -1.87. The van der Waals surface area contributed by atoms with Crippen LogP contribution >= 0.6 is 0 Å². The fourth-order valence-corrected chi connectivity index (χ4v) is 4.14. The molecule has 0 heterocycles. The maximum absolute atomic E-state index is 12.5. The Bertz CT molecular complexity index is 829. The number of fused-ring (bicyclic) bond motifs is 1. The monoisotopic (exact) mass is 312 g/mol. The zero-order valence-corrected chi connectivity index (χ0v) is 13.4. The molecule has 2 aromatic rings. The first kappa shape index (κ1) is 15.0. The minimum atomic E-state index is -3.20. The van der Waals surface area contributed by atoms with Crippen LogP contribution in [-0.4, -0.2) is 14.2 Å². The first-order valence-electron chi connectivity index (χ1n) is 7.72. The predicted molar refractivity (Wildman–Crippen MR) is 91.7 cm³/mol. The SMILES string of the molecule is O=S(=O)(CCCC1=CCCC=C1)c1ccc2ccccc2c1. The molecule has 114 valence electrons. The first-order valence-corrected chi connectivity index (χ1v) is 9.37. The van der Waals surface area contributed by atoms with Crippen LogP contribution in [0.1, 0.15) is 25.7 Å². The van der Waals surface area contributed by atoms with E-state index in [4.69, 9.17) is 0 Å². The lowest BCUT2D eigenvalue weighted by Crippen LogP contribution is -2.07. The second-order valence-electron chi connectivity index (χ2n) is 5.69. The Morgan fingerprint density at radius 1 is 0.955 bits per heavy atom. The topological polar surface area (TPSA) is 34.1 Å². The van der Waals surface area contributed by atoms with E-state index in [0.29, 0.717) is 11.3 Å². The van der Waals surface area contributed by atoms with Gasteiger partial charge in [-0.15, -0.1) is 0 Å². The Morgan fingerprint density at radius 2 is 1.77 bits per heavy atom. The van der Waals surface area contributed by atoms with Gasteiger partial charge in [0.25, 0.3) is 0 Å². The van der Waals surface area contributed by atoms with Crippen LogP contribution in [0.2, 0.25) is 0 Å². The lowest BCUT2D eigenvalue weighted by Gasteiger charge is -2.08. The molecule has 2 nitrogen and oxygen atoms in total. The summed E-state index contributed by atoms with van der Waals surface area (Å²) in [5, 5.41) is 2.04. The van der Waals surface area contributed by atoms with E-state index in [9.17, 15) is 8.42 Å². The summed E-state index contributed by atoms with van der Waals surface area (Å²) in [5.41, 5.74) is 1.26. The summed E-state index contributed by atoms with van der Waals surface area (Å²) in [7, 11) is -3.20. The van der Waals surface area contributed by atoms with Crippen molar-refractivity contribution >= 4 is 20.6 Å². The third-order valence-electron chi connectivity index (χ3n) is 4.03. The molecule has 0 aromatic heterocycles. The molecule has 0 atom stereocenters. The minimum Gasteiger partial charge on any atom is -0.224 e. The molecular weight excluding hydrogens is 292 g/mol. The van der Waals surface area contributed by atoms with Crippen molar-refractivity contribution in [3.05, 3.63) is 66.3 Å². The van der Waals surface area contributed by atoms with Crippen molar-refractivity contribution in [1.29, 1.82) is 0 Å². The highest BCUT2D eigenvalue weighted by Gasteiger charge is 2.14. The van der Waals surface area contributed by atoms with Crippen LogP contribution in [-0.2, 0) is 9.84 Å². The second-order valence-corrected chi connectivity index (χ2v) is 7.80. The molecule has 2 aromatic carbocycles. The van der Waals surface area contributed by atoms with Crippen LogP contribution in [0.15, 0.2) is 71.2 Å². The largest absolute Gasteiger partial charge is 0.224 e. The van der Waals surface area contributed by atoms with Gasteiger partial charge in [-0.2, -0.15) is 0 Å². The van der Waals surface area contributed by atoms with E-state index in [-0.39, 0.29) is 5.75 Å². The van der Waals surface area contributed by atoms with E-state index < -0.39 is 9.84 Å². The van der Waals surface area contributed by atoms with E-state index in [1.807, 2.05) is 30.3 Å². The van der Waals surface area contributed by atoms with Gasteiger partial charge < -0.3 is 0 Å². The lowest BCUT2D eigenvalue weighted by molar-refractivity contribution is 0.593. The molecule has 3 rings (SSSR count).